The summed E-state index contributed by atoms with van der Waals surface area (Å²) in [7, 11) is 1.34. The van der Waals surface area contributed by atoms with Crippen molar-refractivity contribution >= 4 is 29.4 Å². The first-order chi connectivity index (χ1) is 14.5. The molecular formula is C24H17ClO5. The summed E-state index contributed by atoms with van der Waals surface area (Å²) in [6, 6.07) is 19.2. The van der Waals surface area contributed by atoms with E-state index in [0.717, 1.165) is 11.1 Å². The third-order valence-corrected chi connectivity index (χ3v) is 4.84. The van der Waals surface area contributed by atoms with E-state index in [4.69, 9.17) is 21.1 Å². The maximum atomic E-state index is 12.6. The number of benzene rings is 3. The van der Waals surface area contributed by atoms with Crippen LogP contribution in [0.15, 0.2) is 72.5 Å². The van der Waals surface area contributed by atoms with Gasteiger partial charge in [-0.15, -0.1) is 0 Å². The lowest BCUT2D eigenvalue weighted by molar-refractivity contribution is 0.0600. The molecule has 0 unspecified atom stereocenters. The topological polar surface area (TPSA) is 61.8 Å². The van der Waals surface area contributed by atoms with E-state index in [1.165, 1.54) is 7.11 Å². The van der Waals surface area contributed by atoms with Crippen molar-refractivity contribution < 1.29 is 23.8 Å². The number of rotatable bonds is 5. The number of halogens is 1. The average molecular weight is 421 g/mol. The first kappa shape index (κ1) is 19.7. The van der Waals surface area contributed by atoms with Crippen LogP contribution in [-0.2, 0) is 11.3 Å². The zero-order valence-corrected chi connectivity index (χ0v) is 16.8. The predicted molar refractivity (Wildman–Crippen MR) is 113 cm³/mol. The summed E-state index contributed by atoms with van der Waals surface area (Å²) < 4.78 is 16.2. The molecule has 150 valence electrons. The lowest BCUT2D eigenvalue weighted by atomic mass is 10.1. The Kier molecular flexibility index (Phi) is 5.55. The summed E-state index contributed by atoms with van der Waals surface area (Å²) in [4.78, 5) is 24.1. The quantitative estimate of drug-likeness (QED) is 0.413. The van der Waals surface area contributed by atoms with Crippen LogP contribution in [0.4, 0.5) is 0 Å². The molecule has 1 aliphatic rings. The number of carbonyl (C=O) groups is 2. The smallest absolute Gasteiger partial charge is 0.337 e. The molecule has 1 heterocycles. The molecule has 0 saturated heterocycles. The minimum absolute atomic E-state index is 0.176. The largest absolute Gasteiger partial charge is 0.489 e. The molecular weight excluding hydrogens is 404 g/mol. The van der Waals surface area contributed by atoms with Crippen LogP contribution in [0.3, 0.4) is 0 Å². The molecule has 0 aromatic heterocycles. The maximum Gasteiger partial charge on any atom is 0.337 e. The van der Waals surface area contributed by atoms with Gasteiger partial charge in [-0.1, -0.05) is 35.9 Å². The fraction of sp³-hybridized carbons (Fsp3) is 0.0833. The number of carbonyl (C=O) groups excluding carboxylic acids is 2. The highest BCUT2D eigenvalue weighted by Crippen LogP contribution is 2.35. The van der Waals surface area contributed by atoms with Crippen molar-refractivity contribution in [3.63, 3.8) is 0 Å². The monoisotopic (exact) mass is 420 g/mol. The minimum Gasteiger partial charge on any atom is -0.489 e. The van der Waals surface area contributed by atoms with Crippen molar-refractivity contribution in [3.05, 3.63) is 99.8 Å². The second-order valence-corrected chi connectivity index (χ2v) is 7.06. The van der Waals surface area contributed by atoms with E-state index >= 15 is 0 Å². The van der Waals surface area contributed by atoms with Gasteiger partial charge < -0.3 is 14.2 Å². The average Bonchev–Trinajstić information content (AvgIpc) is 3.08. The second kappa shape index (κ2) is 8.43. The molecule has 6 heteroatoms. The molecule has 0 amide bonds. The lowest BCUT2D eigenvalue weighted by Gasteiger charge is -2.08. The van der Waals surface area contributed by atoms with Gasteiger partial charge in [-0.2, -0.15) is 0 Å². The Morgan fingerprint density at radius 3 is 2.47 bits per heavy atom. The van der Waals surface area contributed by atoms with E-state index in [1.54, 1.807) is 60.7 Å². The van der Waals surface area contributed by atoms with Crippen molar-refractivity contribution in [1.82, 2.24) is 0 Å². The van der Waals surface area contributed by atoms with Crippen LogP contribution in [0.25, 0.3) is 6.08 Å². The van der Waals surface area contributed by atoms with Crippen LogP contribution < -0.4 is 9.47 Å². The van der Waals surface area contributed by atoms with Crippen molar-refractivity contribution in [3.8, 4) is 11.5 Å². The van der Waals surface area contributed by atoms with E-state index in [9.17, 15) is 9.59 Å². The second-order valence-electron chi connectivity index (χ2n) is 6.63. The molecule has 0 aliphatic carbocycles. The van der Waals surface area contributed by atoms with Gasteiger partial charge in [0.15, 0.2) is 5.76 Å². The Morgan fingerprint density at radius 2 is 1.77 bits per heavy atom. The van der Waals surface area contributed by atoms with Gasteiger partial charge in [-0.3, -0.25) is 4.79 Å². The van der Waals surface area contributed by atoms with Gasteiger partial charge >= 0.3 is 5.97 Å². The normalized spacial score (nSPS) is 13.7. The third-order valence-electron chi connectivity index (χ3n) is 4.59. The molecule has 0 fully saturated rings. The molecule has 0 N–H and O–H groups in total. The van der Waals surface area contributed by atoms with Gasteiger partial charge in [-0.25, -0.2) is 4.79 Å². The molecule has 3 aromatic carbocycles. The van der Waals surface area contributed by atoms with Gasteiger partial charge in [0.1, 0.15) is 18.1 Å². The number of hydrogen-bond donors (Lipinski definition) is 0. The summed E-state index contributed by atoms with van der Waals surface area (Å²) in [6.07, 6.45) is 1.68. The Balaban J connectivity index is 1.45. The van der Waals surface area contributed by atoms with Crippen LogP contribution >= 0.6 is 11.6 Å². The van der Waals surface area contributed by atoms with Crippen molar-refractivity contribution in [2.24, 2.45) is 0 Å². The molecule has 5 nitrogen and oxygen atoms in total. The highest BCUT2D eigenvalue weighted by Gasteiger charge is 2.27. The van der Waals surface area contributed by atoms with Crippen molar-refractivity contribution in [1.29, 1.82) is 0 Å². The standard InChI is InChI=1S/C24H17ClO5/c1-28-24(27)17-6-2-16(3-7-17)14-29-19-10-11-20-21(13-19)30-22(23(20)26)12-15-4-8-18(25)9-5-15/h2-13H,14H2,1H3. The van der Waals surface area contributed by atoms with E-state index < -0.39 is 0 Å². The molecule has 0 spiro atoms. The number of esters is 1. The summed E-state index contributed by atoms with van der Waals surface area (Å²) in [5.74, 6) is 0.725. The molecule has 0 atom stereocenters. The Hall–Kier alpha value is -3.57. The molecule has 0 radical (unpaired) electrons. The van der Waals surface area contributed by atoms with E-state index in [2.05, 4.69) is 4.74 Å². The van der Waals surface area contributed by atoms with Crippen LogP contribution in [0.5, 0.6) is 11.5 Å². The SMILES string of the molecule is COC(=O)c1ccc(COc2ccc3c(c2)OC(=Cc2ccc(Cl)cc2)C3=O)cc1. The lowest BCUT2D eigenvalue weighted by Crippen LogP contribution is -2.02. The Labute approximate surface area is 178 Å². The Morgan fingerprint density at radius 1 is 1.03 bits per heavy atom. The summed E-state index contributed by atoms with van der Waals surface area (Å²) in [5, 5.41) is 0.626. The molecule has 4 rings (SSSR count). The van der Waals surface area contributed by atoms with Gasteiger partial charge in [0.05, 0.1) is 18.2 Å². The van der Waals surface area contributed by atoms with Crippen LogP contribution in [-0.4, -0.2) is 18.9 Å². The van der Waals surface area contributed by atoms with Gasteiger partial charge in [0.2, 0.25) is 5.78 Å². The number of hydrogen-bond acceptors (Lipinski definition) is 5. The third kappa shape index (κ3) is 4.21. The summed E-state index contributed by atoms with van der Waals surface area (Å²) in [6.45, 7) is 0.307. The van der Waals surface area contributed by atoms with Gasteiger partial charge in [0.25, 0.3) is 0 Å². The number of Topliss-reactive ketones (excluding diaryl/α,β-unsaturated/α-hetero) is 1. The summed E-state index contributed by atoms with van der Waals surface area (Å²) >= 11 is 5.90. The van der Waals surface area contributed by atoms with Crippen molar-refractivity contribution in [2.45, 2.75) is 6.61 Å². The van der Waals surface area contributed by atoms with E-state index in [-0.39, 0.29) is 17.5 Å². The molecule has 0 bridgehead atoms. The van der Waals surface area contributed by atoms with E-state index in [1.807, 2.05) is 12.1 Å². The van der Waals surface area contributed by atoms with E-state index in [0.29, 0.717) is 34.3 Å². The zero-order valence-electron chi connectivity index (χ0n) is 16.1. The fourth-order valence-corrected chi connectivity index (χ4v) is 3.11. The highest BCUT2D eigenvalue weighted by molar-refractivity contribution is 6.30. The maximum absolute atomic E-state index is 12.6. The number of ether oxygens (including phenoxy) is 3. The van der Waals surface area contributed by atoms with Gasteiger partial charge in [-0.05, 0) is 53.6 Å². The minimum atomic E-state index is -0.384. The number of ketones is 1. The highest BCUT2D eigenvalue weighted by atomic mass is 35.5. The number of fused-ring (bicyclic) bond motifs is 1. The van der Waals surface area contributed by atoms with Crippen molar-refractivity contribution in [2.75, 3.05) is 7.11 Å². The molecule has 0 saturated carbocycles. The molecule has 1 aliphatic heterocycles. The zero-order chi connectivity index (χ0) is 21.1. The number of allylic oxidation sites excluding steroid dienone is 1. The Bertz CT molecular complexity index is 1130. The van der Waals surface area contributed by atoms with Crippen LogP contribution in [0, 0.1) is 0 Å². The predicted octanol–water partition coefficient (Wildman–Crippen LogP) is 5.32. The van der Waals surface area contributed by atoms with Crippen LogP contribution in [0.1, 0.15) is 31.8 Å². The van der Waals surface area contributed by atoms with Gasteiger partial charge in [0, 0.05) is 11.1 Å². The van der Waals surface area contributed by atoms with Crippen LogP contribution in [0.2, 0.25) is 5.02 Å². The summed E-state index contributed by atoms with van der Waals surface area (Å²) in [5.41, 5.74) is 2.68. The molecule has 3 aromatic rings. The fourth-order valence-electron chi connectivity index (χ4n) is 2.99. The first-order valence-corrected chi connectivity index (χ1v) is 9.55. The molecule has 30 heavy (non-hydrogen) atoms. The first-order valence-electron chi connectivity index (χ1n) is 9.17. The number of methoxy groups -OCH3 is 1.